The molecule has 2 heterocycles. The van der Waals surface area contributed by atoms with Gasteiger partial charge in [0.15, 0.2) is 5.76 Å². The minimum absolute atomic E-state index is 0.102. The van der Waals surface area contributed by atoms with Gasteiger partial charge in [0, 0.05) is 11.9 Å². The van der Waals surface area contributed by atoms with Gasteiger partial charge in [-0.25, -0.2) is 0 Å². The lowest BCUT2D eigenvalue weighted by Crippen LogP contribution is -2.11. The van der Waals surface area contributed by atoms with Crippen LogP contribution in [0.1, 0.15) is 25.2 Å². The second-order valence-electron chi connectivity index (χ2n) is 4.45. The van der Waals surface area contributed by atoms with Crippen LogP contribution in [0.5, 0.6) is 0 Å². The first-order valence-corrected chi connectivity index (χ1v) is 6.34. The predicted molar refractivity (Wildman–Crippen MR) is 71.6 cm³/mol. The summed E-state index contributed by atoms with van der Waals surface area (Å²) in [4.78, 5) is 4.37. The second kappa shape index (κ2) is 4.85. The lowest BCUT2D eigenvalue weighted by Gasteiger charge is -2.03. The Morgan fingerprint density at radius 1 is 1.32 bits per heavy atom. The predicted octanol–water partition coefficient (Wildman–Crippen LogP) is 2.94. The second-order valence-corrected chi connectivity index (χ2v) is 4.45. The van der Waals surface area contributed by atoms with E-state index in [9.17, 15) is 0 Å². The molecule has 5 heteroatoms. The smallest absolute Gasteiger partial charge is 0.238 e. The van der Waals surface area contributed by atoms with E-state index < -0.39 is 0 Å². The SMILES string of the molecule is CCC(CN)c1nc(-c2cc3ccccc3o2)no1. The summed E-state index contributed by atoms with van der Waals surface area (Å²) in [6, 6.07) is 9.70. The van der Waals surface area contributed by atoms with Crippen LogP contribution in [0.15, 0.2) is 39.3 Å². The molecule has 1 unspecified atom stereocenters. The molecule has 0 spiro atoms. The molecule has 0 radical (unpaired) electrons. The van der Waals surface area contributed by atoms with Gasteiger partial charge in [0.05, 0.1) is 5.92 Å². The van der Waals surface area contributed by atoms with E-state index in [0.717, 1.165) is 17.4 Å². The van der Waals surface area contributed by atoms with Crippen LogP contribution in [0.3, 0.4) is 0 Å². The molecule has 3 aromatic rings. The van der Waals surface area contributed by atoms with Gasteiger partial charge in [-0.3, -0.25) is 0 Å². The van der Waals surface area contributed by atoms with Crippen molar-refractivity contribution in [3.63, 3.8) is 0 Å². The standard InChI is InChI=1S/C14H15N3O2/c1-2-9(8-15)14-16-13(17-19-14)12-7-10-5-3-4-6-11(10)18-12/h3-7,9H,2,8,15H2,1H3. The Hall–Kier alpha value is -2.14. The van der Waals surface area contributed by atoms with Gasteiger partial charge < -0.3 is 14.7 Å². The lowest BCUT2D eigenvalue weighted by atomic mass is 10.1. The summed E-state index contributed by atoms with van der Waals surface area (Å²) < 4.78 is 11.0. The van der Waals surface area contributed by atoms with E-state index in [2.05, 4.69) is 10.1 Å². The van der Waals surface area contributed by atoms with E-state index in [-0.39, 0.29) is 5.92 Å². The Kier molecular flexibility index (Phi) is 3.05. The molecule has 98 valence electrons. The zero-order valence-corrected chi connectivity index (χ0v) is 10.7. The molecule has 0 aliphatic carbocycles. The third-order valence-corrected chi connectivity index (χ3v) is 3.21. The van der Waals surface area contributed by atoms with Gasteiger partial charge >= 0.3 is 0 Å². The van der Waals surface area contributed by atoms with Crippen LogP contribution in [0.4, 0.5) is 0 Å². The van der Waals surface area contributed by atoms with E-state index in [1.807, 2.05) is 37.3 Å². The summed E-state index contributed by atoms with van der Waals surface area (Å²) in [6.45, 7) is 2.54. The van der Waals surface area contributed by atoms with Crippen molar-refractivity contribution in [1.29, 1.82) is 0 Å². The monoisotopic (exact) mass is 257 g/mol. The number of fused-ring (bicyclic) bond motifs is 1. The molecule has 0 aliphatic heterocycles. The molecular weight excluding hydrogens is 242 g/mol. The quantitative estimate of drug-likeness (QED) is 0.777. The van der Waals surface area contributed by atoms with Gasteiger partial charge in [0.1, 0.15) is 5.58 Å². The van der Waals surface area contributed by atoms with Gasteiger partial charge in [0.2, 0.25) is 11.7 Å². The van der Waals surface area contributed by atoms with Crippen LogP contribution < -0.4 is 5.73 Å². The summed E-state index contributed by atoms with van der Waals surface area (Å²) in [5, 5.41) is 4.99. The van der Waals surface area contributed by atoms with Crippen LogP contribution in [0.25, 0.3) is 22.6 Å². The topological polar surface area (TPSA) is 78.1 Å². The highest BCUT2D eigenvalue weighted by atomic mass is 16.5. The summed E-state index contributed by atoms with van der Waals surface area (Å²) >= 11 is 0. The minimum Gasteiger partial charge on any atom is -0.453 e. The van der Waals surface area contributed by atoms with E-state index in [1.165, 1.54) is 0 Å². The van der Waals surface area contributed by atoms with Gasteiger partial charge in [-0.1, -0.05) is 30.3 Å². The zero-order valence-electron chi connectivity index (χ0n) is 10.7. The number of rotatable bonds is 4. The third kappa shape index (κ3) is 2.13. The van der Waals surface area contributed by atoms with Crippen LogP contribution in [-0.2, 0) is 0 Å². The number of hydrogen-bond acceptors (Lipinski definition) is 5. The maximum absolute atomic E-state index is 5.70. The highest BCUT2D eigenvalue weighted by Gasteiger charge is 2.18. The first kappa shape index (κ1) is 11.9. The lowest BCUT2D eigenvalue weighted by molar-refractivity contribution is 0.351. The molecule has 5 nitrogen and oxygen atoms in total. The first-order chi connectivity index (χ1) is 9.31. The maximum Gasteiger partial charge on any atom is 0.238 e. The number of hydrogen-bond donors (Lipinski definition) is 1. The molecular formula is C14H15N3O2. The number of aromatic nitrogens is 2. The van der Waals surface area contributed by atoms with Crippen molar-refractivity contribution >= 4 is 11.0 Å². The van der Waals surface area contributed by atoms with Crippen LogP contribution in [0, 0.1) is 0 Å². The number of nitrogens with two attached hydrogens (primary N) is 1. The van der Waals surface area contributed by atoms with Crippen LogP contribution in [-0.4, -0.2) is 16.7 Å². The number of furan rings is 1. The fourth-order valence-corrected chi connectivity index (χ4v) is 2.04. The van der Waals surface area contributed by atoms with Crippen LogP contribution >= 0.6 is 0 Å². The molecule has 1 aromatic carbocycles. The molecule has 0 fully saturated rings. The molecule has 0 saturated carbocycles. The van der Waals surface area contributed by atoms with Crippen molar-refractivity contribution in [2.75, 3.05) is 6.54 Å². The average Bonchev–Trinajstić information content (AvgIpc) is 3.06. The van der Waals surface area contributed by atoms with Crippen LogP contribution in [0.2, 0.25) is 0 Å². The summed E-state index contributed by atoms with van der Waals surface area (Å²) in [5.41, 5.74) is 6.49. The van der Waals surface area contributed by atoms with E-state index in [4.69, 9.17) is 14.7 Å². The van der Waals surface area contributed by atoms with E-state index >= 15 is 0 Å². The van der Waals surface area contributed by atoms with Gasteiger partial charge in [-0.15, -0.1) is 0 Å². The van der Waals surface area contributed by atoms with Crippen molar-refractivity contribution in [1.82, 2.24) is 10.1 Å². The fourth-order valence-electron chi connectivity index (χ4n) is 2.04. The summed E-state index contributed by atoms with van der Waals surface area (Å²) in [5.74, 6) is 1.76. The van der Waals surface area contributed by atoms with Crippen molar-refractivity contribution in [3.05, 3.63) is 36.2 Å². The Morgan fingerprint density at radius 3 is 2.89 bits per heavy atom. The molecule has 0 amide bonds. The summed E-state index contributed by atoms with van der Waals surface area (Å²) in [7, 11) is 0. The van der Waals surface area contributed by atoms with Crippen molar-refractivity contribution in [3.8, 4) is 11.6 Å². The largest absolute Gasteiger partial charge is 0.453 e. The van der Waals surface area contributed by atoms with Gasteiger partial charge in [0.25, 0.3) is 0 Å². The molecule has 0 bridgehead atoms. The molecule has 2 aromatic heterocycles. The molecule has 0 aliphatic rings. The van der Waals surface area contributed by atoms with E-state index in [1.54, 1.807) is 0 Å². The molecule has 1 atom stereocenters. The van der Waals surface area contributed by atoms with E-state index in [0.29, 0.717) is 24.0 Å². The Bertz CT molecular complexity index is 650. The third-order valence-electron chi connectivity index (χ3n) is 3.21. The fraction of sp³-hybridized carbons (Fsp3) is 0.286. The number of benzene rings is 1. The Labute approximate surface area is 110 Å². The van der Waals surface area contributed by atoms with Gasteiger partial charge in [-0.2, -0.15) is 4.98 Å². The Balaban J connectivity index is 1.97. The van der Waals surface area contributed by atoms with Crippen molar-refractivity contribution in [2.45, 2.75) is 19.3 Å². The van der Waals surface area contributed by atoms with Crippen molar-refractivity contribution < 1.29 is 8.94 Å². The normalized spacial score (nSPS) is 12.9. The molecule has 0 saturated heterocycles. The number of nitrogens with zero attached hydrogens (tertiary/aromatic N) is 2. The zero-order chi connectivity index (χ0) is 13.2. The first-order valence-electron chi connectivity index (χ1n) is 6.34. The summed E-state index contributed by atoms with van der Waals surface area (Å²) in [6.07, 6.45) is 0.873. The minimum atomic E-state index is 0.102. The number of para-hydroxylation sites is 1. The average molecular weight is 257 g/mol. The molecule has 19 heavy (non-hydrogen) atoms. The molecule has 2 N–H and O–H groups in total. The molecule has 3 rings (SSSR count). The highest BCUT2D eigenvalue weighted by molar-refractivity contribution is 5.81. The highest BCUT2D eigenvalue weighted by Crippen LogP contribution is 2.27. The Morgan fingerprint density at radius 2 is 2.16 bits per heavy atom. The maximum atomic E-state index is 5.70. The van der Waals surface area contributed by atoms with Gasteiger partial charge in [-0.05, 0) is 18.6 Å². The van der Waals surface area contributed by atoms with Crippen molar-refractivity contribution in [2.24, 2.45) is 5.73 Å².